The van der Waals surface area contributed by atoms with E-state index in [0.29, 0.717) is 23.1 Å². The number of nitrogens with zero attached hydrogens (tertiary/aromatic N) is 2. The van der Waals surface area contributed by atoms with Crippen molar-refractivity contribution in [1.82, 2.24) is 9.97 Å². The van der Waals surface area contributed by atoms with Crippen molar-refractivity contribution >= 4 is 23.1 Å². The van der Waals surface area contributed by atoms with Crippen LogP contribution < -0.4 is 20.5 Å². The third-order valence-corrected chi connectivity index (χ3v) is 2.93. The first-order valence-electron chi connectivity index (χ1n) is 5.87. The standard InChI is InChI=1S/C13H15ClN4O2/c1-19-11-4-3-9(15)5-8(11)6-16-12-10(14)7-17-13(18-12)20-2/h3-5,7H,6,15H2,1-2H3,(H,16,17,18). The maximum absolute atomic E-state index is 6.03. The van der Waals surface area contributed by atoms with Crippen LogP contribution in [0, 0.1) is 0 Å². The molecule has 0 fully saturated rings. The van der Waals surface area contributed by atoms with E-state index in [0.717, 1.165) is 11.3 Å². The lowest BCUT2D eigenvalue weighted by atomic mass is 10.2. The van der Waals surface area contributed by atoms with Crippen LogP contribution in [0.25, 0.3) is 0 Å². The summed E-state index contributed by atoms with van der Waals surface area (Å²) < 4.78 is 10.2. The number of nitrogens with one attached hydrogen (secondary N) is 1. The fourth-order valence-corrected chi connectivity index (χ4v) is 1.85. The second kappa shape index (κ2) is 6.29. The third-order valence-electron chi connectivity index (χ3n) is 2.66. The molecule has 6 nitrogen and oxygen atoms in total. The maximum Gasteiger partial charge on any atom is 0.318 e. The van der Waals surface area contributed by atoms with E-state index in [1.54, 1.807) is 13.2 Å². The summed E-state index contributed by atoms with van der Waals surface area (Å²) >= 11 is 6.03. The van der Waals surface area contributed by atoms with Crippen LogP contribution in [0.15, 0.2) is 24.4 Å². The van der Waals surface area contributed by atoms with Gasteiger partial charge in [-0.15, -0.1) is 0 Å². The summed E-state index contributed by atoms with van der Waals surface area (Å²) in [6, 6.07) is 5.67. The van der Waals surface area contributed by atoms with Gasteiger partial charge in [0.05, 0.1) is 20.4 Å². The van der Waals surface area contributed by atoms with E-state index in [1.165, 1.54) is 13.3 Å². The quantitative estimate of drug-likeness (QED) is 0.824. The normalized spacial score (nSPS) is 10.2. The highest BCUT2D eigenvalue weighted by Gasteiger charge is 2.08. The van der Waals surface area contributed by atoms with Crippen molar-refractivity contribution in [3.05, 3.63) is 35.0 Å². The lowest BCUT2D eigenvalue weighted by Crippen LogP contribution is -2.05. The fraction of sp³-hybridized carbons (Fsp3) is 0.231. The minimum Gasteiger partial charge on any atom is -0.496 e. The molecule has 2 rings (SSSR count). The summed E-state index contributed by atoms with van der Waals surface area (Å²) in [5.74, 6) is 1.23. The average Bonchev–Trinajstić information content (AvgIpc) is 2.46. The molecule has 106 valence electrons. The summed E-state index contributed by atoms with van der Waals surface area (Å²) in [5.41, 5.74) is 7.34. The fourth-order valence-electron chi connectivity index (χ4n) is 1.69. The highest BCUT2D eigenvalue weighted by molar-refractivity contribution is 6.32. The molecule has 1 heterocycles. The summed E-state index contributed by atoms with van der Waals surface area (Å²) in [4.78, 5) is 8.05. The molecule has 1 aromatic heterocycles. The van der Waals surface area contributed by atoms with Gasteiger partial charge in [0.1, 0.15) is 10.8 Å². The molecule has 0 spiro atoms. The van der Waals surface area contributed by atoms with Crippen molar-refractivity contribution in [2.45, 2.75) is 6.54 Å². The van der Waals surface area contributed by atoms with Crippen LogP contribution in [0.2, 0.25) is 5.02 Å². The maximum atomic E-state index is 6.03. The zero-order valence-corrected chi connectivity index (χ0v) is 11.9. The monoisotopic (exact) mass is 294 g/mol. The van der Waals surface area contributed by atoms with Crippen molar-refractivity contribution in [3.8, 4) is 11.8 Å². The van der Waals surface area contributed by atoms with Gasteiger partial charge in [-0.3, -0.25) is 0 Å². The Hall–Kier alpha value is -2.21. The number of anilines is 2. The van der Waals surface area contributed by atoms with Gasteiger partial charge in [0, 0.05) is 17.8 Å². The molecule has 0 radical (unpaired) electrons. The van der Waals surface area contributed by atoms with E-state index >= 15 is 0 Å². The van der Waals surface area contributed by atoms with Crippen molar-refractivity contribution in [2.75, 3.05) is 25.3 Å². The Balaban J connectivity index is 2.18. The highest BCUT2D eigenvalue weighted by Crippen LogP contribution is 2.24. The Labute approximate surface area is 121 Å². The largest absolute Gasteiger partial charge is 0.496 e. The molecule has 0 atom stereocenters. The molecule has 0 aliphatic carbocycles. The molecule has 0 unspecified atom stereocenters. The van der Waals surface area contributed by atoms with Crippen LogP contribution in [0.1, 0.15) is 5.56 Å². The number of nitrogens with two attached hydrogens (primary N) is 1. The van der Waals surface area contributed by atoms with E-state index < -0.39 is 0 Å². The van der Waals surface area contributed by atoms with Gasteiger partial charge in [0.15, 0.2) is 5.82 Å². The van der Waals surface area contributed by atoms with Gasteiger partial charge in [-0.25, -0.2) is 4.98 Å². The molecule has 0 aliphatic heterocycles. The number of ether oxygens (including phenoxy) is 2. The van der Waals surface area contributed by atoms with Crippen LogP contribution in [0.5, 0.6) is 11.8 Å². The predicted octanol–water partition coefficient (Wildman–Crippen LogP) is 2.34. The van der Waals surface area contributed by atoms with Gasteiger partial charge in [-0.1, -0.05) is 11.6 Å². The second-order valence-corrected chi connectivity index (χ2v) is 4.39. The number of hydrogen-bond donors (Lipinski definition) is 2. The van der Waals surface area contributed by atoms with E-state index in [1.807, 2.05) is 12.1 Å². The minimum absolute atomic E-state index is 0.247. The molecular formula is C13H15ClN4O2. The van der Waals surface area contributed by atoms with Crippen molar-refractivity contribution in [3.63, 3.8) is 0 Å². The molecule has 0 saturated heterocycles. The average molecular weight is 295 g/mol. The number of hydrogen-bond acceptors (Lipinski definition) is 6. The smallest absolute Gasteiger partial charge is 0.318 e. The highest BCUT2D eigenvalue weighted by atomic mass is 35.5. The van der Waals surface area contributed by atoms with Gasteiger partial charge >= 0.3 is 6.01 Å². The second-order valence-electron chi connectivity index (χ2n) is 3.98. The molecule has 3 N–H and O–H groups in total. The van der Waals surface area contributed by atoms with Gasteiger partial charge < -0.3 is 20.5 Å². The molecule has 0 saturated carbocycles. The van der Waals surface area contributed by atoms with E-state index in [-0.39, 0.29) is 6.01 Å². The first-order chi connectivity index (χ1) is 9.63. The van der Waals surface area contributed by atoms with Gasteiger partial charge in [-0.2, -0.15) is 4.98 Å². The van der Waals surface area contributed by atoms with Crippen LogP contribution >= 0.6 is 11.6 Å². The summed E-state index contributed by atoms with van der Waals surface area (Å²) in [6.07, 6.45) is 1.48. The van der Waals surface area contributed by atoms with Gasteiger partial charge in [-0.05, 0) is 18.2 Å². The molecule has 7 heteroatoms. The number of methoxy groups -OCH3 is 2. The Morgan fingerprint density at radius 1 is 1.30 bits per heavy atom. The van der Waals surface area contributed by atoms with E-state index in [4.69, 9.17) is 26.8 Å². The predicted molar refractivity (Wildman–Crippen MR) is 78.3 cm³/mol. The molecule has 0 bridgehead atoms. The van der Waals surface area contributed by atoms with Crippen LogP contribution in [0.4, 0.5) is 11.5 Å². The number of rotatable bonds is 5. The SMILES string of the molecule is COc1ncc(Cl)c(NCc2cc(N)ccc2OC)n1. The van der Waals surface area contributed by atoms with E-state index in [2.05, 4.69) is 15.3 Å². The lowest BCUT2D eigenvalue weighted by molar-refractivity contribution is 0.380. The molecule has 0 aliphatic rings. The number of nitrogen functional groups attached to an aromatic ring is 1. The molecular weight excluding hydrogens is 280 g/mol. The third kappa shape index (κ3) is 3.21. The summed E-state index contributed by atoms with van der Waals surface area (Å²) in [6.45, 7) is 0.466. The lowest BCUT2D eigenvalue weighted by Gasteiger charge is -2.12. The van der Waals surface area contributed by atoms with Crippen LogP contribution in [-0.4, -0.2) is 24.2 Å². The Morgan fingerprint density at radius 3 is 2.80 bits per heavy atom. The van der Waals surface area contributed by atoms with E-state index in [9.17, 15) is 0 Å². The zero-order chi connectivity index (χ0) is 14.5. The Morgan fingerprint density at radius 2 is 2.10 bits per heavy atom. The van der Waals surface area contributed by atoms with Crippen LogP contribution in [-0.2, 0) is 6.54 Å². The van der Waals surface area contributed by atoms with Gasteiger partial charge in [0.2, 0.25) is 0 Å². The van der Waals surface area contributed by atoms with Gasteiger partial charge in [0.25, 0.3) is 0 Å². The summed E-state index contributed by atoms with van der Waals surface area (Å²) in [5, 5.41) is 3.52. The topological polar surface area (TPSA) is 82.3 Å². The van der Waals surface area contributed by atoms with Crippen LogP contribution in [0.3, 0.4) is 0 Å². The minimum atomic E-state index is 0.247. The van der Waals surface area contributed by atoms with Crippen molar-refractivity contribution in [1.29, 1.82) is 0 Å². The number of aromatic nitrogens is 2. The number of halogens is 1. The molecule has 20 heavy (non-hydrogen) atoms. The molecule has 0 amide bonds. The Kier molecular flexibility index (Phi) is 4.47. The summed E-state index contributed by atoms with van der Waals surface area (Å²) in [7, 11) is 3.10. The zero-order valence-electron chi connectivity index (χ0n) is 11.2. The van der Waals surface area contributed by atoms with Crippen molar-refractivity contribution in [2.24, 2.45) is 0 Å². The first-order valence-corrected chi connectivity index (χ1v) is 6.24. The Bertz CT molecular complexity index is 607. The molecule has 2 aromatic rings. The van der Waals surface area contributed by atoms with Crippen molar-refractivity contribution < 1.29 is 9.47 Å². The number of benzene rings is 1. The first kappa shape index (κ1) is 14.2. The molecule has 1 aromatic carbocycles.